The number of amides is 4. The molecule has 0 aliphatic carbocycles. The minimum Gasteiger partial charge on any atom is -0.446 e. The SMILES string of the molecule is CN(CCOC(=O)N(c1ccccc1-c1ccccc1)N1CC[CH]CC1)C(=O)c1cccc(NC(=O)CN2CCNC(=O)C2)c1. The standard InChI is InChI=1S/C34H39N6O5/c1-37(33(43)27-13-10-14-28(23-27)36-32(42)25-38-20-17-35-31(41)24-38)21-22-45-34(44)40(39-18-8-3-9-19-39)30-16-7-6-15-29(30)26-11-4-2-5-12-26/h2-7,10-16,23H,8-9,17-22,24-25H2,1H3,(H,35,41)(H,36,42). The van der Waals surface area contributed by atoms with E-state index in [-0.39, 0.29) is 44.0 Å². The fourth-order valence-electron chi connectivity index (χ4n) is 5.44. The van der Waals surface area contributed by atoms with Crippen molar-refractivity contribution in [2.45, 2.75) is 12.8 Å². The van der Waals surface area contributed by atoms with Gasteiger partial charge in [-0.3, -0.25) is 19.3 Å². The molecule has 235 valence electrons. The van der Waals surface area contributed by atoms with Crippen LogP contribution in [-0.2, 0) is 14.3 Å². The number of hydrogen-bond donors (Lipinski definition) is 2. The molecule has 2 aliphatic heterocycles. The summed E-state index contributed by atoms with van der Waals surface area (Å²) < 4.78 is 5.77. The van der Waals surface area contributed by atoms with Crippen LogP contribution in [0.25, 0.3) is 11.1 Å². The van der Waals surface area contributed by atoms with E-state index in [4.69, 9.17) is 4.74 Å². The van der Waals surface area contributed by atoms with Gasteiger partial charge in [0, 0.05) is 50.0 Å². The number of carbonyl (C=O) groups is 4. The number of hydrazine groups is 1. The van der Waals surface area contributed by atoms with Crippen molar-refractivity contribution < 1.29 is 23.9 Å². The fraction of sp³-hybridized carbons (Fsp3) is 0.324. The highest BCUT2D eigenvalue weighted by Gasteiger charge is 2.29. The van der Waals surface area contributed by atoms with Gasteiger partial charge in [0.25, 0.3) is 5.91 Å². The maximum Gasteiger partial charge on any atom is 0.429 e. The monoisotopic (exact) mass is 611 g/mol. The molecule has 4 amide bonds. The molecule has 2 heterocycles. The maximum absolute atomic E-state index is 13.6. The molecule has 2 N–H and O–H groups in total. The number of carbonyl (C=O) groups excluding carboxylic acids is 4. The van der Waals surface area contributed by atoms with Gasteiger partial charge in [-0.15, -0.1) is 0 Å². The normalized spacial score (nSPS) is 15.5. The fourth-order valence-corrected chi connectivity index (χ4v) is 5.44. The summed E-state index contributed by atoms with van der Waals surface area (Å²) in [7, 11) is 1.64. The molecule has 2 saturated heterocycles. The van der Waals surface area contributed by atoms with Gasteiger partial charge >= 0.3 is 6.09 Å². The number of benzene rings is 3. The van der Waals surface area contributed by atoms with Crippen molar-refractivity contribution in [3.05, 3.63) is 90.8 Å². The number of hydrogen-bond acceptors (Lipinski definition) is 7. The molecular weight excluding hydrogens is 572 g/mol. The number of piperidine rings is 1. The van der Waals surface area contributed by atoms with E-state index < -0.39 is 6.09 Å². The number of anilines is 2. The number of nitrogens with zero attached hydrogens (tertiary/aromatic N) is 4. The molecule has 0 spiro atoms. The van der Waals surface area contributed by atoms with Gasteiger partial charge in [0.2, 0.25) is 11.8 Å². The molecule has 0 aromatic heterocycles. The summed E-state index contributed by atoms with van der Waals surface area (Å²) in [4.78, 5) is 54.2. The number of piperazine rings is 1. The van der Waals surface area contributed by atoms with Crippen molar-refractivity contribution in [3.63, 3.8) is 0 Å². The highest BCUT2D eigenvalue weighted by molar-refractivity contribution is 5.98. The van der Waals surface area contributed by atoms with Gasteiger partial charge in [0.15, 0.2) is 0 Å². The lowest BCUT2D eigenvalue weighted by atomic mass is 10.0. The van der Waals surface area contributed by atoms with Crippen molar-refractivity contribution in [3.8, 4) is 11.1 Å². The first kappa shape index (κ1) is 31.7. The third kappa shape index (κ3) is 8.46. The number of rotatable bonds is 10. The Kier molecular flexibility index (Phi) is 10.8. The van der Waals surface area contributed by atoms with Gasteiger partial charge in [-0.05, 0) is 49.1 Å². The summed E-state index contributed by atoms with van der Waals surface area (Å²) in [5.74, 6) is -0.641. The lowest BCUT2D eigenvalue weighted by Crippen LogP contribution is -2.50. The minimum absolute atomic E-state index is 0.00484. The van der Waals surface area contributed by atoms with Crippen LogP contribution in [-0.4, -0.2) is 98.1 Å². The summed E-state index contributed by atoms with van der Waals surface area (Å²) in [6, 6.07) is 24.4. The first-order valence-corrected chi connectivity index (χ1v) is 15.2. The van der Waals surface area contributed by atoms with Gasteiger partial charge in [-0.1, -0.05) is 54.6 Å². The number of ether oxygens (including phenoxy) is 1. The Labute approximate surface area is 263 Å². The van der Waals surface area contributed by atoms with Crippen molar-refractivity contribution in [2.75, 3.05) is 69.8 Å². The van der Waals surface area contributed by atoms with Crippen LogP contribution in [0.3, 0.4) is 0 Å². The minimum atomic E-state index is -0.503. The number of likely N-dealkylation sites (N-methyl/N-ethyl adjacent to an activating group) is 1. The van der Waals surface area contributed by atoms with E-state index in [1.807, 2.05) is 59.6 Å². The third-order valence-corrected chi connectivity index (χ3v) is 7.73. The predicted molar refractivity (Wildman–Crippen MR) is 172 cm³/mol. The molecule has 0 unspecified atom stereocenters. The van der Waals surface area contributed by atoms with Crippen molar-refractivity contribution >= 4 is 35.2 Å². The average molecular weight is 612 g/mol. The highest BCUT2D eigenvalue weighted by atomic mass is 16.6. The Morgan fingerprint density at radius 3 is 2.47 bits per heavy atom. The maximum atomic E-state index is 13.6. The number of para-hydroxylation sites is 1. The Hall–Kier alpha value is -4.74. The molecule has 3 aromatic carbocycles. The second kappa shape index (κ2) is 15.3. The van der Waals surface area contributed by atoms with Crippen LogP contribution in [0.2, 0.25) is 0 Å². The molecule has 3 aromatic rings. The molecule has 45 heavy (non-hydrogen) atoms. The zero-order valence-electron chi connectivity index (χ0n) is 25.5. The van der Waals surface area contributed by atoms with Gasteiger partial charge in [-0.2, -0.15) is 0 Å². The summed E-state index contributed by atoms with van der Waals surface area (Å²) in [6.45, 7) is 2.93. The van der Waals surface area contributed by atoms with E-state index >= 15 is 0 Å². The van der Waals surface area contributed by atoms with E-state index in [0.29, 0.717) is 37.4 Å². The van der Waals surface area contributed by atoms with E-state index in [1.54, 1.807) is 41.2 Å². The Bertz CT molecular complexity index is 1490. The molecule has 2 fully saturated rings. The average Bonchev–Trinajstić information content (AvgIpc) is 3.06. The molecule has 0 saturated carbocycles. The van der Waals surface area contributed by atoms with Crippen LogP contribution in [0, 0.1) is 6.42 Å². The summed E-state index contributed by atoms with van der Waals surface area (Å²) >= 11 is 0. The lowest BCUT2D eigenvalue weighted by molar-refractivity contribution is -0.125. The Balaban J connectivity index is 1.20. The molecule has 11 nitrogen and oxygen atoms in total. The summed E-state index contributed by atoms with van der Waals surface area (Å²) in [5.41, 5.74) is 3.53. The quantitative estimate of drug-likeness (QED) is 0.360. The van der Waals surface area contributed by atoms with Gasteiger partial charge in [-0.25, -0.2) is 14.8 Å². The molecule has 1 radical (unpaired) electrons. The molecule has 5 rings (SSSR count). The summed E-state index contributed by atoms with van der Waals surface area (Å²) in [6.07, 6.45) is 3.45. The van der Waals surface area contributed by atoms with Gasteiger partial charge in [0.1, 0.15) is 6.61 Å². The second-order valence-corrected chi connectivity index (χ2v) is 11.0. The smallest absolute Gasteiger partial charge is 0.429 e. The topological polar surface area (TPSA) is 115 Å². The van der Waals surface area contributed by atoms with E-state index in [0.717, 1.165) is 29.7 Å². The molecule has 2 aliphatic rings. The molecular formula is C34H39N6O5. The van der Waals surface area contributed by atoms with Crippen LogP contribution >= 0.6 is 0 Å². The van der Waals surface area contributed by atoms with Crippen LogP contribution in [0.4, 0.5) is 16.2 Å². The predicted octanol–water partition coefficient (Wildman–Crippen LogP) is 3.65. The zero-order valence-corrected chi connectivity index (χ0v) is 25.5. The van der Waals surface area contributed by atoms with Crippen molar-refractivity contribution in [1.82, 2.24) is 20.1 Å². The van der Waals surface area contributed by atoms with Crippen LogP contribution in [0.1, 0.15) is 23.2 Å². The highest BCUT2D eigenvalue weighted by Crippen LogP contribution is 2.33. The first-order valence-electron chi connectivity index (χ1n) is 15.2. The van der Waals surface area contributed by atoms with Crippen LogP contribution < -0.4 is 15.6 Å². The number of nitrogens with one attached hydrogen (secondary N) is 2. The van der Waals surface area contributed by atoms with E-state index in [1.165, 1.54) is 4.90 Å². The molecule has 0 bridgehead atoms. The third-order valence-electron chi connectivity index (χ3n) is 7.73. The molecule has 0 atom stereocenters. The van der Waals surface area contributed by atoms with Gasteiger partial charge in [0.05, 0.1) is 25.3 Å². The van der Waals surface area contributed by atoms with Crippen LogP contribution in [0.15, 0.2) is 78.9 Å². The zero-order chi connectivity index (χ0) is 31.6. The second-order valence-electron chi connectivity index (χ2n) is 11.0. The first-order chi connectivity index (χ1) is 21.9. The Morgan fingerprint density at radius 1 is 0.933 bits per heavy atom. The summed E-state index contributed by atoms with van der Waals surface area (Å²) in [5, 5.41) is 9.18. The van der Waals surface area contributed by atoms with Gasteiger partial charge < -0.3 is 20.3 Å². The van der Waals surface area contributed by atoms with Crippen LogP contribution in [0.5, 0.6) is 0 Å². The molecule has 11 heteroatoms. The largest absolute Gasteiger partial charge is 0.446 e. The van der Waals surface area contributed by atoms with Crippen molar-refractivity contribution in [1.29, 1.82) is 0 Å². The lowest BCUT2D eigenvalue weighted by Gasteiger charge is -2.37. The van der Waals surface area contributed by atoms with E-state index in [2.05, 4.69) is 17.1 Å². The Morgan fingerprint density at radius 2 is 1.69 bits per heavy atom. The van der Waals surface area contributed by atoms with E-state index in [9.17, 15) is 19.2 Å². The van der Waals surface area contributed by atoms with Crippen molar-refractivity contribution in [2.24, 2.45) is 0 Å².